The highest BCUT2D eigenvalue weighted by Crippen LogP contribution is 2.37. The van der Waals surface area contributed by atoms with Gasteiger partial charge in [0.15, 0.2) is 0 Å². The molecule has 0 spiro atoms. The maximum atomic E-state index is 11.8. The Morgan fingerprint density at radius 1 is 1.31 bits per heavy atom. The van der Waals surface area contributed by atoms with E-state index in [9.17, 15) is 4.79 Å². The molecule has 0 aromatic heterocycles. The molecule has 1 atom stereocenters. The van der Waals surface area contributed by atoms with E-state index in [0.717, 1.165) is 12.8 Å². The second-order valence-electron chi connectivity index (χ2n) is 4.27. The monoisotopic (exact) mass is 257 g/mol. The molecule has 0 saturated heterocycles. The van der Waals surface area contributed by atoms with E-state index in [-0.39, 0.29) is 11.8 Å². The first-order chi connectivity index (χ1) is 7.56. The fraction of sp³-hybridized carbons (Fsp3) is 0.417. The average Bonchev–Trinajstić information content (AvgIpc) is 2.97. The Morgan fingerprint density at radius 3 is 2.38 bits per heavy atom. The van der Waals surface area contributed by atoms with Crippen LogP contribution in [0.4, 0.5) is 5.69 Å². The maximum Gasteiger partial charge on any atom is 0.227 e. The topological polar surface area (TPSA) is 29.1 Å². The number of carbonyl (C=O) groups is 1. The lowest BCUT2D eigenvalue weighted by Crippen LogP contribution is -2.21. The van der Waals surface area contributed by atoms with Crippen LogP contribution in [-0.2, 0) is 4.79 Å². The second-order valence-corrected chi connectivity index (χ2v) is 5.15. The van der Waals surface area contributed by atoms with Crippen molar-refractivity contribution in [3.63, 3.8) is 0 Å². The fourth-order valence-electron chi connectivity index (χ4n) is 1.69. The van der Waals surface area contributed by atoms with Gasteiger partial charge in [-0.15, -0.1) is 0 Å². The summed E-state index contributed by atoms with van der Waals surface area (Å²) in [6.07, 6.45) is 2.32. The van der Waals surface area contributed by atoms with Gasteiger partial charge in [0.1, 0.15) is 0 Å². The third-order valence-corrected chi connectivity index (χ3v) is 3.31. The standard InChI is InChI=1S/C12H13Cl2NO/c1-7(8-2-3-8)12(16)15-11-5-9(13)4-10(14)6-11/h4-8H,2-3H2,1H3,(H,15,16). The normalized spacial score (nSPS) is 16.9. The first-order valence-corrected chi connectivity index (χ1v) is 6.09. The van der Waals surface area contributed by atoms with Crippen LogP contribution in [0.25, 0.3) is 0 Å². The predicted octanol–water partition coefficient (Wildman–Crippen LogP) is 3.98. The summed E-state index contributed by atoms with van der Waals surface area (Å²) >= 11 is 11.7. The van der Waals surface area contributed by atoms with E-state index in [4.69, 9.17) is 23.2 Å². The van der Waals surface area contributed by atoms with Crippen LogP contribution in [0.3, 0.4) is 0 Å². The Hall–Kier alpha value is -0.730. The van der Waals surface area contributed by atoms with Crippen LogP contribution in [0.2, 0.25) is 10.0 Å². The third kappa shape index (κ3) is 2.89. The van der Waals surface area contributed by atoms with Crippen LogP contribution >= 0.6 is 23.2 Å². The number of rotatable bonds is 3. The van der Waals surface area contributed by atoms with Crippen molar-refractivity contribution in [3.05, 3.63) is 28.2 Å². The molecule has 1 saturated carbocycles. The second kappa shape index (κ2) is 4.64. The van der Waals surface area contributed by atoms with Crippen LogP contribution in [0.5, 0.6) is 0 Å². The quantitative estimate of drug-likeness (QED) is 0.872. The van der Waals surface area contributed by atoms with Crippen LogP contribution in [-0.4, -0.2) is 5.91 Å². The zero-order valence-corrected chi connectivity index (χ0v) is 10.5. The van der Waals surface area contributed by atoms with Crippen molar-refractivity contribution >= 4 is 34.8 Å². The number of anilines is 1. The molecular formula is C12H13Cl2NO. The highest BCUT2D eigenvalue weighted by Gasteiger charge is 2.32. The minimum Gasteiger partial charge on any atom is -0.326 e. The summed E-state index contributed by atoms with van der Waals surface area (Å²) in [6.45, 7) is 1.96. The van der Waals surface area contributed by atoms with Crippen molar-refractivity contribution < 1.29 is 4.79 Å². The molecule has 0 bridgehead atoms. The Morgan fingerprint density at radius 2 is 1.88 bits per heavy atom. The van der Waals surface area contributed by atoms with E-state index < -0.39 is 0 Å². The number of benzene rings is 1. The Balaban J connectivity index is 2.04. The molecule has 1 fully saturated rings. The van der Waals surface area contributed by atoms with Crippen LogP contribution in [0.1, 0.15) is 19.8 Å². The molecule has 1 aliphatic carbocycles. The molecule has 2 rings (SSSR count). The summed E-state index contributed by atoms with van der Waals surface area (Å²) in [5.74, 6) is 0.660. The highest BCUT2D eigenvalue weighted by atomic mass is 35.5. The van der Waals surface area contributed by atoms with Gasteiger partial charge in [-0.05, 0) is 37.0 Å². The molecule has 0 radical (unpaired) electrons. The van der Waals surface area contributed by atoms with Crippen LogP contribution in [0, 0.1) is 11.8 Å². The van der Waals surface area contributed by atoms with Crippen LogP contribution in [0.15, 0.2) is 18.2 Å². The summed E-state index contributed by atoms with van der Waals surface area (Å²) in [4.78, 5) is 11.8. The fourth-order valence-corrected chi connectivity index (χ4v) is 2.22. The van der Waals surface area contributed by atoms with E-state index in [1.807, 2.05) is 6.92 Å². The molecule has 1 unspecified atom stereocenters. The van der Waals surface area contributed by atoms with E-state index in [1.54, 1.807) is 18.2 Å². The van der Waals surface area contributed by atoms with Crippen molar-refractivity contribution in [2.75, 3.05) is 5.32 Å². The number of hydrogen-bond donors (Lipinski definition) is 1. The largest absolute Gasteiger partial charge is 0.326 e. The highest BCUT2D eigenvalue weighted by molar-refractivity contribution is 6.35. The molecule has 86 valence electrons. The van der Waals surface area contributed by atoms with Crippen molar-refractivity contribution in [3.8, 4) is 0 Å². The molecular weight excluding hydrogens is 245 g/mol. The van der Waals surface area contributed by atoms with Gasteiger partial charge in [-0.1, -0.05) is 30.1 Å². The van der Waals surface area contributed by atoms with E-state index in [2.05, 4.69) is 5.32 Å². The summed E-state index contributed by atoms with van der Waals surface area (Å²) in [5.41, 5.74) is 0.662. The van der Waals surface area contributed by atoms with Gasteiger partial charge in [-0.3, -0.25) is 4.79 Å². The van der Waals surface area contributed by atoms with E-state index in [0.29, 0.717) is 21.7 Å². The zero-order chi connectivity index (χ0) is 11.7. The first kappa shape index (κ1) is 11.7. The number of carbonyl (C=O) groups excluding carboxylic acids is 1. The molecule has 2 nitrogen and oxygen atoms in total. The summed E-state index contributed by atoms with van der Waals surface area (Å²) < 4.78 is 0. The third-order valence-electron chi connectivity index (χ3n) is 2.87. The number of hydrogen-bond acceptors (Lipinski definition) is 1. The molecule has 4 heteroatoms. The van der Waals surface area contributed by atoms with E-state index >= 15 is 0 Å². The number of amides is 1. The molecule has 1 N–H and O–H groups in total. The van der Waals surface area contributed by atoms with Gasteiger partial charge < -0.3 is 5.32 Å². The van der Waals surface area contributed by atoms with Gasteiger partial charge in [0.2, 0.25) is 5.91 Å². The minimum absolute atomic E-state index is 0.0424. The van der Waals surface area contributed by atoms with Crippen molar-refractivity contribution in [1.82, 2.24) is 0 Å². The van der Waals surface area contributed by atoms with Gasteiger partial charge in [-0.2, -0.15) is 0 Å². The SMILES string of the molecule is CC(C(=O)Nc1cc(Cl)cc(Cl)c1)C1CC1. The van der Waals surface area contributed by atoms with Gasteiger partial charge in [0.05, 0.1) is 0 Å². The zero-order valence-electron chi connectivity index (χ0n) is 8.97. The number of nitrogens with one attached hydrogen (secondary N) is 1. The summed E-state index contributed by atoms with van der Waals surface area (Å²) in [6, 6.07) is 5.04. The minimum atomic E-state index is 0.0424. The maximum absolute atomic E-state index is 11.8. The number of halogens is 2. The molecule has 1 aliphatic rings. The smallest absolute Gasteiger partial charge is 0.227 e. The molecule has 16 heavy (non-hydrogen) atoms. The van der Waals surface area contributed by atoms with E-state index in [1.165, 1.54) is 0 Å². The van der Waals surface area contributed by atoms with Crippen molar-refractivity contribution in [1.29, 1.82) is 0 Å². The molecule has 0 heterocycles. The van der Waals surface area contributed by atoms with Gasteiger partial charge in [0, 0.05) is 21.7 Å². The molecule has 0 aliphatic heterocycles. The van der Waals surface area contributed by atoms with Crippen molar-refractivity contribution in [2.45, 2.75) is 19.8 Å². The molecule has 1 aromatic rings. The predicted molar refractivity (Wildman–Crippen MR) is 67.0 cm³/mol. The molecule has 1 aromatic carbocycles. The van der Waals surface area contributed by atoms with Crippen LogP contribution < -0.4 is 5.32 Å². The Bertz CT molecular complexity index is 395. The van der Waals surface area contributed by atoms with Gasteiger partial charge in [0.25, 0.3) is 0 Å². The Kier molecular flexibility index (Phi) is 3.41. The Labute approximate surface area is 105 Å². The lowest BCUT2D eigenvalue weighted by Gasteiger charge is -2.11. The lowest BCUT2D eigenvalue weighted by atomic mass is 10.1. The lowest BCUT2D eigenvalue weighted by molar-refractivity contribution is -0.119. The first-order valence-electron chi connectivity index (χ1n) is 5.33. The summed E-state index contributed by atoms with van der Waals surface area (Å²) in [7, 11) is 0. The van der Waals surface area contributed by atoms with Gasteiger partial charge in [-0.25, -0.2) is 0 Å². The summed E-state index contributed by atoms with van der Waals surface area (Å²) in [5, 5.41) is 3.90. The molecule has 1 amide bonds. The van der Waals surface area contributed by atoms with Gasteiger partial charge >= 0.3 is 0 Å². The van der Waals surface area contributed by atoms with Crippen molar-refractivity contribution in [2.24, 2.45) is 11.8 Å². The average molecular weight is 258 g/mol.